The zero-order valence-corrected chi connectivity index (χ0v) is 20.2. The minimum Gasteiger partial charge on any atom is -0.440 e. The monoisotopic (exact) mass is 475 g/mol. The number of fused-ring (bicyclic) bond motifs is 1. The molecule has 6 rings (SSSR count). The lowest BCUT2D eigenvalue weighted by atomic mass is 9.89. The summed E-state index contributed by atoms with van der Waals surface area (Å²) < 4.78 is 6.21. The summed E-state index contributed by atoms with van der Waals surface area (Å²) in [6.07, 6.45) is 5.02. The molecule has 0 bridgehead atoms. The number of carbonyl (C=O) groups excluding carboxylic acids is 1. The summed E-state index contributed by atoms with van der Waals surface area (Å²) in [7, 11) is 0. The van der Waals surface area contributed by atoms with Crippen molar-refractivity contribution in [3.05, 3.63) is 103 Å². The highest BCUT2D eigenvalue weighted by atomic mass is 16.4. The van der Waals surface area contributed by atoms with Crippen LogP contribution in [0.25, 0.3) is 33.5 Å². The van der Waals surface area contributed by atoms with E-state index in [0.29, 0.717) is 24.7 Å². The van der Waals surface area contributed by atoms with Crippen LogP contribution in [-0.2, 0) is 11.2 Å². The quantitative estimate of drug-likeness (QED) is 0.293. The highest BCUT2D eigenvalue weighted by molar-refractivity contribution is 5.84. The van der Waals surface area contributed by atoms with E-state index in [4.69, 9.17) is 9.40 Å². The molecule has 1 saturated heterocycles. The molecule has 1 aliphatic heterocycles. The smallest absolute Gasteiger partial charge is 0.223 e. The van der Waals surface area contributed by atoms with Gasteiger partial charge in [-0.15, -0.1) is 0 Å². The second-order valence-corrected chi connectivity index (χ2v) is 9.46. The number of amides is 1. The van der Waals surface area contributed by atoms with Crippen LogP contribution in [0.4, 0.5) is 0 Å². The number of benzene rings is 3. The van der Waals surface area contributed by atoms with Crippen LogP contribution < -0.4 is 0 Å². The Morgan fingerprint density at radius 2 is 1.56 bits per heavy atom. The van der Waals surface area contributed by atoms with Gasteiger partial charge in [0.2, 0.25) is 5.91 Å². The van der Waals surface area contributed by atoms with E-state index in [1.54, 1.807) is 0 Å². The van der Waals surface area contributed by atoms with Crippen LogP contribution in [0.3, 0.4) is 0 Å². The highest BCUT2D eigenvalue weighted by Gasteiger charge is 2.26. The predicted octanol–water partition coefficient (Wildman–Crippen LogP) is 6.83. The summed E-state index contributed by atoms with van der Waals surface area (Å²) in [6, 6.07) is 28.6. The third-order valence-electron chi connectivity index (χ3n) is 7.22. The van der Waals surface area contributed by atoms with Crippen LogP contribution in [0, 0.1) is 0 Å². The van der Waals surface area contributed by atoms with Crippen molar-refractivity contribution < 1.29 is 9.21 Å². The second-order valence-electron chi connectivity index (χ2n) is 9.46. The molecule has 36 heavy (non-hydrogen) atoms. The molecule has 0 saturated carbocycles. The predicted molar refractivity (Wildman–Crippen MR) is 143 cm³/mol. The number of hydrogen-bond acceptors (Lipinski definition) is 3. The SMILES string of the molecule is O=C(CCc1nc(-c2ccccc2)c(-c2ccccc2)o1)N1CCC(c2c[nH]c3ccccc23)CC1. The Bertz CT molecular complexity index is 1400. The maximum atomic E-state index is 13.1. The number of piperidine rings is 1. The Morgan fingerprint density at radius 3 is 2.31 bits per heavy atom. The summed E-state index contributed by atoms with van der Waals surface area (Å²) in [6.45, 7) is 1.58. The number of carbonyl (C=O) groups is 1. The van der Waals surface area contributed by atoms with Gasteiger partial charge in [-0.1, -0.05) is 78.9 Å². The number of nitrogens with zero attached hydrogens (tertiary/aromatic N) is 2. The number of aromatic nitrogens is 2. The molecule has 180 valence electrons. The molecule has 5 nitrogen and oxygen atoms in total. The topological polar surface area (TPSA) is 62.1 Å². The van der Waals surface area contributed by atoms with Crippen molar-refractivity contribution in [1.29, 1.82) is 0 Å². The van der Waals surface area contributed by atoms with Crippen molar-refractivity contribution in [2.24, 2.45) is 0 Å². The number of para-hydroxylation sites is 1. The van der Waals surface area contributed by atoms with Gasteiger partial charge in [0.1, 0.15) is 5.69 Å². The van der Waals surface area contributed by atoms with Crippen LogP contribution in [-0.4, -0.2) is 33.9 Å². The van der Waals surface area contributed by atoms with Gasteiger partial charge in [0, 0.05) is 54.2 Å². The van der Waals surface area contributed by atoms with Crippen LogP contribution in [0.15, 0.2) is 95.5 Å². The lowest BCUT2D eigenvalue weighted by Crippen LogP contribution is -2.38. The number of rotatable bonds is 6. The van der Waals surface area contributed by atoms with Crippen LogP contribution in [0.5, 0.6) is 0 Å². The van der Waals surface area contributed by atoms with Crippen LogP contribution in [0.2, 0.25) is 0 Å². The summed E-state index contributed by atoms with van der Waals surface area (Å²) in [5, 5.41) is 1.30. The fourth-order valence-electron chi connectivity index (χ4n) is 5.29. The Morgan fingerprint density at radius 1 is 0.889 bits per heavy atom. The number of hydrogen-bond donors (Lipinski definition) is 1. The molecule has 1 N–H and O–H groups in total. The van der Waals surface area contributed by atoms with E-state index in [0.717, 1.165) is 48.5 Å². The van der Waals surface area contributed by atoms with Gasteiger partial charge in [-0.2, -0.15) is 0 Å². The molecule has 5 aromatic rings. The molecule has 0 unspecified atom stereocenters. The molecule has 1 amide bonds. The van der Waals surface area contributed by atoms with E-state index in [2.05, 4.69) is 35.4 Å². The second kappa shape index (κ2) is 9.86. The Balaban J connectivity index is 1.12. The number of oxazole rings is 1. The Hall–Kier alpha value is -4.12. The van der Waals surface area contributed by atoms with Gasteiger partial charge < -0.3 is 14.3 Å². The number of aromatic amines is 1. The normalized spacial score (nSPS) is 14.4. The van der Waals surface area contributed by atoms with Crippen molar-refractivity contribution in [3.8, 4) is 22.6 Å². The lowest BCUT2D eigenvalue weighted by Gasteiger charge is -2.32. The van der Waals surface area contributed by atoms with E-state index >= 15 is 0 Å². The Kier molecular flexibility index (Phi) is 6.12. The molecule has 0 radical (unpaired) electrons. The largest absolute Gasteiger partial charge is 0.440 e. The highest BCUT2D eigenvalue weighted by Crippen LogP contribution is 2.34. The number of H-pyrrole nitrogens is 1. The molecule has 0 atom stereocenters. The molecule has 2 aromatic heterocycles. The summed E-state index contributed by atoms with van der Waals surface area (Å²) in [4.78, 5) is 23.3. The number of likely N-dealkylation sites (tertiary alicyclic amines) is 1. The first-order valence-electron chi connectivity index (χ1n) is 12.7. The van der Waals surface area contributed by atoms with Crippen molar-refractivity contribution in [2.45, 2.75) is 31.6 Å². The molecular weight excluding hydrogens is 446 g/mol. The minimum absolute atomic E-state index is 0.174. The zero-order chi connectivity index (χ0) is 24.3. The van der Waals surface area contributed by atoms with Crippen molar-refractivity contribution >= 4 is 16.8 Å². The number of nitrogens with one attached hydrogen (secondary N) is 1. The average molecular weight is 476 g/mol. The Labute approximate surface area is 210 Å². The van der Waals surface area contributed by atoms with Gasteiger partial charge in [-0.25, -0.2) is 4.98 Å². The minimum atomic E-state index is 0.174. The van der Waals surface area contributed by atoms with Gasteiger partial charge in [0.15, 0.2) is 11.7 Å². The third kappa shape index (κ3) is 4.44. The summed E-state index contributed by atoms with van der Waals surface area (Å²) >= 11 is 0. The molecule has 3 aromatic carbocycles. The summed E-state index contributed by atoms with van der Waals surface area (Å²) in [5.74, 6) is 2.02. The molecule has 1 aliphatic rings. The molecular formula is C31H29N3O2. The van der Waals surface area contributed by atoms with E-state index in [-0.39, 0.29) is 5.91 Å². The van der Waals surface area contributed by atoms with E-state index in [9.17, 15) is 4.79 Å². The zero-order valence-electron chi connectivity index (χ0n) is 20.2. The van der Waals surface area contributed by atoms with Crippen LogP contribution in [0.1, 0.15) is 36.6 Å². The van der Waals surface area contributed by atoms with E-state index in [1.165, 1.54) is 16.5 Å². The van der Waals surface area contributed by atoms with Gasteiger partial charge in [0.05, 0.1) is 0 Å². The van der Waals surface area contributed by atoms with E-state index < -0.39 is 0 Å². The first kappa shape index (κ1) is 22.4. The van der Waals surface area contributed by atoms with E-state index in [1.807, 2.05) is 65.6 Å². The van der Waals surface area contributed by atoms with Gasteiger partial charge in [-0.05, 0) is 30.4 Å². The molecule has 0 aliphatic carbocycles. The third-order valence-corrected chi connectivity index (χ3v) is 7.22. The molecule has 5 heteroatoms. The lowest BCUT2D eigenvalue weighted by molar-refractivity contribution is -0.132. The van der Waals surface area contributed by atoms with Crippen molar-refractivity contribution in [1.82, 2.24) is 14.9 Å². The fraction of sp³-hybridized carbons (Fsp3) is 0.226. The van der Waals surface area contributed by atoms with Gasteiger partial charge in [0.25, 0.3) is 0 Å². The number of aryl methyl sites for hydroxylation is 1. The maximum absolute atomic E-state index is 13.1. The van der Waals surface area contributed by atoms with Crippen LogP contribution >= 0.6 is 0 Å². The van der Waals surface area contributed by atoms with Crippen molar-refractivity contribution in [3.63, 3.8) is 0 Å². The fourth-order valence-corrected chi connectivity index (χ4v) is 5.29. The average Bonchev–Trinajstić information content (AvgIpc) is 3.58. The van der Waals surface area contributed by atoms with Gasteiger partial charge in [-0.3, -0.25) is 4.79 Å². The molecule has 3 heterocycles. The molecule has 1 fully saturated rings. The van der Waals surface area contributed by atoms with Gasteiger partial charge >= 0.3 is 0 Å². The first-order chi connectivity index (χ1) is 17.8. The molecule has 0 spiro atoms. The maximum Gasteiger partial charge on any atom is 0.223 e. The van der Waals surface area contributed by atoms with Crippen molar-refractivity contribution in [2.75, 3.05) is 13.1 Å². The standard InChI is InChI=1S/C31H29N3O2/c35-29(34-19-17-22(18-20-34)26-21-32-27-14-8-7-13-25(26)27)16-15-28-33-30(23-9-3-1-4-10-23)31(36-28)24-11-5-2-6-12-24/h1-14,21-22,32H,15-20H2. The first-order valence-corrected chi connectivity index (χ1v) is 12.7. The summed E-state index contributed by atoms with van der Waals surface area (Å²) in [5.41, 5.74) is 5.38.